The molecule has 23 heavy (non-hydrogen) atoms. The molecule has 4 heteroatoms. The quantitative estimate of drug-likeness (QED) is 0.466. The highest BCUT2D eigenvalue weighted by Gasteiger charge is 2.50. The number of carbonyl (C=O) groups excluding carboxylic acids is 1. The van der Waals surface area contributed by atoms with Gasteiger partial charge in [0, 0.05) is 0 Å². The molecule has 0 amide bonds. The zero-order valence-corrected chi connectivity index (χ0v) is 14.1. The van der Waals surface area contributed by atoms with E-state index in [0.29, 0.717) is 23.3 Å². The number of cyclic esters (lactones) is 1. The third-order valence-electron chi connectivity index (χ3n) is 6.67. The number of ether oxygens (including phenoxy) is 1. The molecule has 1 aliphatic heterocycles. The fourth-order valence-corrected chi connectivity index (χ4v) is 5.15. The highest BCUT2D eigenvalue weighted by atomic mass is 16.6. The van der Waals surface area contributed by atoms with Gasteiger partial charge in [0.1, 0.15) is 12.7 Å². The largest absolute Gasteiger partial charge is 0.459 e. The number of aliphatic hydroxyl groups excluding tert-OH is 2. The maximum Gasteiger partial charge on any atom is 0.336 e. The Morgan fingerprint density at radius 3 is 2.78 bits per heavy atom. The minimum atomic E-state index is -0.796. The van der Waals surface area contributed by atoms with Crippen LogP contribution in [0.4, 0.5) is 0 Å². The summed E-state index contributed by atoms with van der Waals surface area (Å²) in [7, 11) is 0. The van der Waals surface area contributed by atoms with Gasteiger partial charge in [-0.2, -0.15) is 0 Å². The number of esters is 1. The molecule has 3 aliphatic rings. The Morgan fingerprint density at radius 1 is 1.39 bits per heavy atom. The summed E-state index contributed by atoms with van der Waals surface area (Å²) in [5, 5.41) is 20.1. The molecule has 2 aliphatic carbocycles. The zero-order valence-electron chi connectivity index (χ0n) is 14.1. The second-order valence-corrected chi connectivity index (χ2v) is 7.84. The van der Waals surface area contributed by atoms with E-state index in [1.165, 1.54) is 5.57 Å². The van der Waals surface area contributed by atoms with Gasteiger partial charge in [-0.3, -0.25) is 0 Å². The number of fused-ring (bicyclic) bond motifs is 1. The van der Waals surface area contributed by atoms with Crippen LogP contribution in [0.1, 0.15) is 46.0 Å². The van der Waals surface area contributed by atoms with Gasteiger partial charge in [-0.1, -0.05) is 32.1 Å². The Balaban J connectivity index is 1.83. The molecule has 0 aromatic heterocycles. The first-order valence-corrected chi connectivity index (χ1v) is 8.75. The van der Waals surface area contributed by atoms with Crippen molar-refractivity contribution in [2.24, 2.45) is 23.2 Å². The molecule has 3 fully saturated rings. The van der Waals surface area contributed by atoms with E-state index >= 15 is 0 Å². The fraction of sp³-hybridized carbons (Fsp3) is 0.737. The summed E-state index contributed by atoms with van der Waals surface area (Å²) in [5.74, 6) is 0.692. The van der Waals surface area contributed by atoms with Crippen molar-refractivity contribution in [2.75, 3.05) is 6.61 Å². The summed E-state index contributed by atoms with van der Waals surface area (Å²) in [6.45, 7) is 8.84. The molecule has 1 heterocycles. The van der Waals surface area contributed by atoms with Gasteiger partial charge in [0.25, 0.3) is 0 Å². The van der Waals surface area contributed by atoms with E-state index in [2.05, 4.69) is 20.4 Å². The minimum absolute atomic E-state index is 0.0688. The van der Waals surface area contributed by atoms with Crippen molar-refractivity contribution < 1.29 is 19.7 Å². The van der Waals surface area contributed by atoms with E-state index in [4.69, 9.17) is 4.74 Å². The first-order valence-electron chi connectivity index (χ1n) is 8.75. The third-order valence-corrected chi connectivity index (χ3v) is 6.67. The molecule has 4 nitrogen and oxygen atoms in total. The zero-order chi connectivity index (χ0) is 16.8. The molecular formula is C19H28O4. The van der Waals surface area contributed by atoms with Crippen LogP contribution >= 0.6 is 0 Å². The number of rotatable bonds is 2. The predicted molar refractivity (Wildman–Crippen MR) is 87.5 cm³/mol. The molecule has 0 aromatic carbocycles. The Kier molecular flexibility index (Phi) is 4.41. The lowest BCUT2D eigenvalue weighted by Gasteiger charge is -2.55. The lowest BCUT2D eigenvalue weighted by molar-refractivity contribution is -0.135. The molecule has 128 valence electrons. The first-order chi connectivity index (χ1) is 10.8. The fourth-order valence-electron chi connectivity index (χ4n) is 5.15. The van der Waals surface area contributed by atoms with Crippen molar-refractivity contribution >= 4 is 5.97 Å². The maximum absolute atomic E-state index is 11.7. The lowest BCUT2D eigenvalue weighted by Crippen LogP contribution is -2.49. The highest BCUT2D eigenvalue weighted by Crippen LogP contribution is 2.57. The summed E-state index contributed by atoms with van der Waals surface area (Å²) in [6.07, 6.45) is 5.47. The van der Waals surface area contributed by atoms with E-state index in [-0.39, 0.29) is 18.1 Å². The number of hydrogen-bond acceptors (Lipinski definition) is 4. The Bertz CT molecular complexity index is 537. The standard InChI is InChI=1S/C19H28O4/c1-11-4-6-15-12(2)16(20)8-9-19(15,3)14(11)7-5-13-17(21)10-23-18(13)22/h5,12,14-17,20-21H,1,4,6-10H2,2-3H3. The van der Waals surface area contributed by atoms with Gasteiger partial charge in [-0.05, 0) is 55.3 Å². The van der Waals surface area contributed by atoms with Crippen LogP contribution in [-0.4, -0.2) is 35.0 Å². The summed E-state index contributed by atoms with van der Waals surface area (Å²) >= 11 is 0. The predicted octanol–water partition coefficient (Wildman–Crippen LogP) is 2.60. The molecule has 0 radical (unpaired) electrons. The monoisotopic (exact) mass is 320 g/mol. The first kappa shape index (κ1) is 16.7. The Labute approximate surface area is 138 Å². The molecule has 0 spiro atoms. The van der Waals surface area contributed by atoms with Gasteiger partial charge in [-0.25, -0.2) is 4.79 Å². The van der Waals surface area contributed by atoms with Crippen LogP contribution in [0.5, 0.6) is 0 Å². The number of hydrogen-bond donors (Lipinski definition) is 2. The average molecular weight is 320 g/mol. The lowest BCUT2D eigenvalue weighted by atomic mass is 9.50. The van der Waals surface area contributed by atoms with Crippen molar-refractivity contribution in [2.45, 2.75) is 58.2 Å². The molecule has 6 unspecified atom stereocenters. The summed E-state index contributed by atoms with van der Waals surface area (Å²) < 4.78 is 4.89. The van der Waals surface area contributed by atoms with Crippen molar-refractivity contribution in [3.8, 4) is 0 Å². The van der Waals surface area contributed by atoms with Crippen LogP contribution in [0.15, 0.2) is 23.8 Å². The van der Waals surface area contributed by atoms with Crippen molar-refractivity contribution in [1.82, 2.24) is 0 Å². The van der Waals surface area contributed by atoms with E-state index < -0.39 is 12.1 Å². The third kappa shape index (κ3) is 2.76. The van der Waals surface area contributed by atoms with E-state index in [1.54, 1.807) is 0 Å². The van der Waals surface area contributed by atoms with Crippen molar-refractivity contribution in [3.63, 3.8) is 0 Å². The van der Waals surface area contributed by atoms with Gasteiger partial charge >= 0.3 is 5.97 Å². The maximum atomic E-state index is 11.7. The minimum Gasteiger partial charge on any atom is -0.459 e. The highest BCUT2D eigenvalue weighted by molar-refractivity contribution is 5.91. The van der Waals surface area contributed by atoms with Gasteiger partial charge in [-0.15, -0.1) is 0 Å². The molecule has 1 saturated heterocycles. The molecule has 3 rings (SSSR count). The van der Waals surface area contributed by atoms with Crippen molar-refractivity contribution in [1.29, 1.82) is 0 Å². The second kappa shape index (κ2) is 6.06. The topological polar surface area (TPSA) is 66.8 Å². The summed E-state index contributed by atoms with van der Waals surface area (Å²) in [4.78, 5) is 11.7. The number of allylic oxidation sites excluding steroid dienone is 2. The normalized spacial score (nSPS) is 45.9. The molecule has 0 aromatic rings. The smallest absolute Gasteiger partial charge is 0.336 e. The SMILES string of the molecule is C=C1CCC2C(C)C(O)CCC2(C)C1CC=C1C(=O)OCC1O. The van der Waals surface area contributed by atoms with E-state index in [9.17, 15) is 15.0 Å². The molecule has 0 bridgehead atoms. The van der Waals surface area contributed by atoms with Crippen LogP contribution in [0.3, 0.4) is 0 Å². The number of carbonyl (C=O) groups is 1. The molecular weight excluding hydrogens is 292 g/mol. The Hall–Kier alpha value is -1.13. The van der Waals surface area contributed by atoms with Crippen LogP contribution in [0.2, 0.25) is 0 Å². The molecule has 2 N–H and O–H groups in total. The van der Waals surface area contributed by atoms with E-state index in [1.807, 2.05) is 6.08 Å². The second-order valence-electron chi connectivity index (χ2n) is 7.84. The van der Waals surface area contributed by atoms with Gasteiger partial charge < -0.3 is 14.9 Å². The number of aliphatic hydroxyl groups is 2. The summed E-state index contributed by atoms with van der Waals surface area (Å²) in [5.41, 5.74) is 1.75. The average Bonchev–Trinajstić information content (AvgIpc) is 2.82. The van der Waals surface area contributed by atoms with Gasteiger partial charge in [0.2, 0.25) is 0 Å². The van der Waals surface area contributed by atoms with Crippen LogP contribution in [-0.2, 0) is 9.53 Å². The van der Waals surface area contributed by atoms with E-state index in [0.717, 1.165) is 32.1 Å². The van der Waals surface area contributed by atoms with Crippen LogP contribution < -0.4 is 0 Å². The Morgan fingerprint density at radius 2 is 2.13 bits per heavy atom. The van der Waals surface area contributed by atoms with Gasteiger partial charge in [0.15, 0.2) is 0 Å². The van der Waals surface area contributed by atoms with Crippen molar-refractivity contribution in [3.05, 3.63) is 23.8 Å². The van der Waals surface area contributed by atoms with Crippen LogP contribution in [0.25, 0.3) is 0 Å². The molecule has 6 atom stereocenters. The van der Waals surface area contributed by atoms with Gasteiger partial charge in [0.05, 0.1) is 11.7 Å². The summed E-state index contributed by atoms with van der Waals surface area (Å²) in [6, 6.07) is 0. The molecule has 2 saturated carbocycles. The van der Waals surface area contributed by atoms with Crippen LogP contribution in [0, 0.1) is 23.2 Å².